The van der Waals surface area contributed by atoms with Crippen LogP contribution in [0.1, 0.15) is 47.0 Å². The van der Waals surface area contributed by atoms with Gasteiger partial charge in [-0.3, -0.25) is 0 Å². The van der Waals surface area contributed by atoms with E-state index in [0.717, 1.165) is 18.4 Å². The van der Waals surface area contributed by atoms with Crippen LogP contribution in [-0.4, -0.2) is 32.0 Å². The molecule has 17 heavy (non-hydrogen) atoms. The molecule has 0 aromatic heterocycles. The average molecular weight is 261 g/mol. The SMILES string of the molecule is CC1CCC(CNCCS(=O)(=O)C(C)(C)C)C1. The number of hydrogen-bond acceptors (Lipinski definition) is 3. The highest BCUT2D eigenvalue weighted by atomic mass is 32.2. The Morgan fingerprint density at radius 2 is 1.88 bits per heavy atom. The summed E-state index contributed by atoms with van der Waals surface area (Å²) in [6.07, 6.45) is 3.91. The van der Waals surface area contributed by atoms with Crippen molar-refractivity contribution >= 4 is 9.84 Å². The van der Waals surface area contributed by atoms with E-state index < -0.39 is 14.6 Å². The summed E-state index contributed by atoms with van der Waals surface area (Å²) in [7, 11) is -2.97. The lowest BCUT2D eigenvalue weighted by atomic mass is 10.1. The second-order valence-electron chi connectivity index (χ2n) is 6.42. The molecular formula is C13H27NO2S. The quantitative estimate of drug-likeness (QED) is 0.772. The zero-order valence-corrected chi connectivity index (χ0v) is 12.4. The number of rotatable bonds is 5. The third-order valence-electron chi connectivity index (χ3n) is 3.72. The van der Waals surface area contributed by atoms with Gasteiger partial charge in [0.1, 0.15) is 0 Å². The monoisotopic (exact) mass is 261 g/mol. The summed E-state index contributed by atoms with van der Waals surface area (Å²) in [6.45, 7) is 9.15. The van der Waals surface area contributed by atoms with Gasteiger partial charge in [0.05, 0.1) is 10.5 Å². The third-order valence-corrected chi connectivity index (χ3v) is 6.32. The van der Waals surface area contributed by atoms with Gasteiger partial charge in [-0.15, -0.1) is 0 Å². The Balaban J connectivity index is 2.21. The number of hydrogen-bond donors (Lipinski definition) is 1. The summed E-state index contributed by atoms with van der Waals surface area (Å²) in [4.78, 5) is 0. The molecule has 1 aliphatic rings. The third kappa shape index (κ3) is 4.59. The molecule has 1 fully saturated rings. The van der Waals surface area contributed by atoms with Crippen molar-refractivity contribution in [3.8, 4) is 0 Å². The van der Waals surface area contributed by atoms with E-state index in [0.29, 0.717) is 6.54 Å². The molecule has 102 valence electrons. The van der Waals surface area contributed by atoms with Gasteiger partial charge in [0.15, 0.2) is 9.84 Å². The van der Waals surface area contributed by atoms with Crippen LogP contribution >= 0.6 is 0 Å². The molecule has 2 unspecified atom stereocenters. The molecule has 3 nitrogen and oxygen atoms in total. The van der Waals surface area contributed by atoms with Gasteiger partial charge in [-0.05, 0) is 52.0 Å². The van der Waals surface area contributed by atoms with Gasteiger partial charge in [-0.25, -0.2) is 8.42 Å². The van der Waals surface area contributed by atoms with Crippen molar-refractivity contribution in [2.24, 2.45) is 11.8 Å². The maximum Gasteiger partial charge on any atom is 0.156 e. The van der Waals surface area contributed by atoms with Gasteiger partial charge >= 0.3 is 0 Å². The summed E-state index contributed by atoms with van der Waals surface area (Å²) in [5, 5.41) is 3.30. The Morgan fingerprint density at radius 1 is 1.24 bits per heavy atom. The fourth-order valence-corrected chi connectivity index (χ4v) is 3.35. The van der Waals surface area contributed by atoms with Crippen molar-refractivity contribution < 1.29 is 8.42 Å². The highest BCUT2D eigenvalue weighted by molar-refractivity contribution is 7.92. The molecule has 0 amide bonds. The largest absolute Gasteiger partial charge is 0.315 e. The molecule has 1 N–H and O–H groups in total. The van der Waals surface area contributed by atoms with Crippen molar-refractivity contribution in [1.29, 1.82) is 0 Å². The predicted octanol–water partition coefficient (Wildman–Crippen LogP) is 2.23. The molecule has 0 aromatic rings. The van der Waals surface area contributed by atoms with E-state index in [9.17, 15) is 8.42 Å². The first kappa shape index (κ1) is 15.0. The van der Waals surface area contributed by atoms with Crippen molar-refractivity contribution in [3.63, 3.8) is 0 Å². The topological polar surface area (TPSA) is 46.2 Å². The van der Waals surface area contributed by atoms with Gasteiger partial charge in [-0.2, -0.15) is 0 Å². The maximum atomic E-state index is 11.9. The maximum absolute atomic E-state index is 11.9. The van der Waals surface area contributed by atoms with E-state index >= 15 is 0 Å². The van der Waals surface area contributed by atoms with Crippen LogP contribution in [0.4, 0.5) is 0 Å². The van der Waals surface area contributed by atoms with Gasteiger partial charge in [0.25, 0.3) is 0 Å². The van der Waals surface area contributed by atoms with Gasteiger partial charge < -0.3 is 5.32 Å². The van der Waals surface area contributed by atoms with Crippen LogP contribution in [0.15, 0.2) is 0 Å². The summed E-state index contributed by atoms with van der Waals surface area (Å²) in [6, 6.07) is 0. The molecule has 1 rings (SSSR count). The van der Waals surface area contributed by atoms with E-state index in [1.54, 1.807) is 20.8 Å². The lowest BCUT2D eigenvalue weighted by Gasteiger charge is -2.19. The fraction of sp³-hybridized carbons (Fsp3) is 1.00. The van der Waals surface area contributed by atoms with E-state index in [1.807, 2.05) is 0 Å². The summed E-state index contributed by atoms with van der Waals surface area (Å²) in [5.41, 5.74) is 0. The molecule has 0 spiro atoms. The summed E-state index contributed by atoms with van der Waals surface area (Å²) in [5.74, 6) is 1.85. The summed E-state index contributed by atoms with van der Waals surface area (Å²) >= 11 is 0. The van der Waals surface area contributed by atoms with Crippen LogP contribution in [0, 0.1) is 11.8 Å². The first-order valence-electron chi connectivity index (χ1n) is 6.65. The Labute approximate surface area is 106 Å². The molecule has 0 saturated heterocycles. The fourth-order valence-electron chi connectivity index (χ4n) is 2.33. The summed E-state index contributed by atoms with van der Waals surface area (Å²) < 4.78 is 23.1. The average Bonchev–Trinajstić information content (AvgIpc) is 2.57. The Morgan fingerprint density at radius 3 is 2.35 bits per heavy atom. The van der Waals surface area contributed by atoms with Crippen LogP contribution in [0.5, 0.6) is 0 Å². The van der Waals surface area contributed by atoms with Crippen molar-refractivity contribution in [2.45, 2.75) is 51.7 Å². The Bertz CT molecular complexity index is 330. The molecule has 0 aromatic carbocycles. The molecule has 0 heterocycles. The van der Waals surface area contributed by atoms with Crippen LogP contribution < -0.4 is 5.32 Å². The highest BCUT2D eigenvalue weighted by Crippen LogP contribution is 2.29. The van der Waals surface area contributed by atoms with Crippen LogP contribution in [0.2, 0.25) is 0 Å². The Kier molecular flexibility index (Phi) is 5.02. The van der Waals surface area contributed by atoms with Gasteiger partial charge in [0.2, 0.25) is 0 Å². The highest BCUT2D eigenvalue weighted by Gasteiger charge is 2.28. The minimum absolute atomic E-state index is 0.249. The van der Waals surface area contributed by atoms with Crippen LogP contribution in [-0.2, 0) is 9.84 Å². The van der Waals surface area contributed by atoms with Crippen molar-refractivity contribution in [2.75, 3.05) is 18.8 Å². The predicted molar refractivity (Wildman–Crippen MR) is 72.9 cm³/mol. The molecule has 0 radical (unpaired) electrons. The molecule has 1 saturated carbocycles. The normalized spacial score (nSPS) is 26.4. The standard InChI is InChI=1S/C13H27NO2S/c1-11-5-6-12(9-11)10-14-7-8-17(15,16)13(2,3)4/h11-12,14H,5-10H2,1-4H3. The molecular weight excluding hydrogens is 234 g/mol. The van der Waals surface area contributed by atoms with E-state index in [-0.39, 0.29) is 5.75 Å². The van der Waals surface area contributed by atoms with E-state index in [4.69, 9.17) is 0 Å². The lowest BCUT2D eigenvalue weighted by Crippen LogP contribution is -2.35. The zero-order valence-electron chi connectivity index (χ0n) is 11.6. The molecule has 4 heteroatoms. The zero-order chi connectivity index (χ0) is 13.1. The van der Waals surface area contributed by atoms with Crippen molar-refractivity contribution in [3.05, 3.63) is 0 Å². The van der Waals surface area contributed by atoms with Gasteiger partial charge in [0, 0.05) is 6.54 Å². The molecule has 1 aliphatic carbocycles. The molecule has 2 atom stereocenters. The molecule has 0 aliphatic heterocycles. The van der Waals surface area contributed by atoms with Crippen LogP contribution in [0.25, 0.3) is 0 Å². The minimum atomic E-state index is -2.97. The first-order valence-corrected chi connectivity index (χ1v) is 8.30. The minimum Gasteiger partial charge on any atom is -0.315 e. The second-order valence-corrected chi connectivity index (χ2v) is 9.28. The smallest absolute Gasteiger partial charge is 0.156 e. The number of sulfone groups is 1. The van der Waals surface area contributed by atoms with E-state index in [2.05, 4.69) is 12.2 Å². The first-order chi connectivity index (χ1) is 7.72. The Hall–Kier alpha value is -0.0900. The lowest BCUT2D eigenvalue weighted by molar-refractivity contribution is 0.476. The van der Waals surface area contributed by atoms with E-state index in [1.165, 1.54) is 19.3 Å². The number of nitrogens with one attached hydrogen (secondary N) is 1. The van der Waals surface area contributed by atoms with Crippen molar-refractivity contribution in [1.82, 2.24) is 5.32 Å². The second kappa shape index (κ2) is 5.70. The van der Waals surface area contributed by atoms with Gasteiger partial charge in [-0.1, -0.05) is 13.3 Å². The van der Waals surface area contributed by atoms with Crippen LogP contribution in [0.3, 0.4) is 0 Å². The molecule has 0 bridgehead atoms.